The number of carbonyl (C=O) groups excluding carboxylic acids is 2. The predicted octanol–water partition coefficient (Wildman–Crippen LogP) is 3.22. The summed E-state index contributed by atoms with van der Waals surface area (Å²) >= 11 is 0. The van der Waals surface area contributed by atoms with E-state index in [4.69, 9.17) is 0 Å². The number of hydrogen-bond donors (Lipinski definition) is 1. The summed E-state index contributed by atoms with van der Waals surface area (Å²) in [6.45, 7) is 1.39. The number of anilines is 1. The van der Waals surface area contributed by atoms with Gasteiger partial charge in [-0.1, -0.05) is 30.4 Å². The molecule has 0 saturated carbocycles. The first kappa shape index (κ1) is 15.8. The van der Waals surface area contributed by atoms with Gasteiger partial charge in [0.2, 0.25) is 11.8 Å². The zero-order chi connectivity index (χ0) is 16.1. The van der Waals surface area contributed by atoms with E-state index >= 15 is 0 Å². The Morgan fingerprint density at radius 1 is 1.09 bits per heavy atom. The van der Waals surface area contributed by atoms with Crippen LogP contribution in [0.1, 0.15) is 32.1 Å². The monoisotopic (exact) mass is 312 g/mol. The van der Waals surface area contributed by atoms with Crippen LogP contribution in [-0.2, 0) is 9.59 Å². The zero-order valence-corrected chi connectivity index (χ0v) is 13.4. The zero-order valence-electron chi connectivity index (χ0n) is 13.4. The second kappa shape index (κ2) is 7.44. The average Bonchev–Trinajstić information content (AvgIpc) is 3.09. The fourth-order valence-corrected chi connectivity index (χ4v) is 3.38. The standard InChI is InChI=1S/C19H24N2O2/c22-18(14-15-6-4-5-7-15)21-12-10-16(11-13-21)19(23)20-17-8-2-1-3-9-17/h1-4,6,8-9,15-16H,5,7,10-14H2,(H,20,23). The topological polar surface area (TPSA) is 49.4 Å². The molecule has 1 aromatic rings. The summed E-state index contributed by atoms with van der Waals surface area (Å²) in [5, 5.41) is 2.96. The first-order valence-corrected chi connectivity index (χ1v) is 8.53. The molecule has 1 fully saturated rings. The third kappa shape index (κ3) is 4.21. The van der Waals surface area contributed by atoms with Crippen LogP contribution in [0.15, 0.2) is 42.5 Å². The fraction of sp³-hybridized carbons (Fsp3) is 0.474. The van der Waals surface area contributed by atoms with Crippen molar-refractivity contribution in [1.29, 1.82) is 0 Å². The second-order valence-electron chi connectivity index (χ2n) is 6.48. The summed E-state index contributed by atoms with van der Waals surface area (Å²) in [7, 11) is 0. The van der Waals surface area contributed by atoms with Crippen LogP contribution >= 0.6 is 0 Å². The predicted molar refractivity (Wildman–Crippen MR) is 90.9 cm³/mol. The number of carbonyl (C=O) groups is 2. The summed E-state index contributed by atoms with van der Waals surface area (Å²) in [6, 6.07) is 9.54. The van der Waals surface area contributed by atoms with E-state index in [2.05, 4.69) is 17.5 Å². The summed E-state index contributed by atoms with van der Waals surface area (Å²) in [5.74, 6) is 0.734. The molecule has 1 saturated heterocycles. The molecule has 3 rings (SSSR count). The first-order chi connectivity index (χ1) is 11.2. The third-order valence-corrected chi connectivity index (χ3v) is 4.81. The summed E-state index contributed by atoms with van der Waals surface area (Å²) < 4.78 is 0. The van der Waals surface area contributed by atoms with Gasteiger partial charge in [0.15, 0.2) is 0 Å². The normalized spacial score (nSPS) is 21.4. The Hall–Kier alpha value is -2.10. The summed E-state index contributed by atoms with van der Waals surface area (Å²) in [6.07, 6.45) is 8.66. The minimum absolute atomic E-state index is 0.00522. The van der Waals surface area contributed by atoms with Crippen LogP contribution in [0, 0.1) is 11.8 Å². The minimum Gasteiger partial charge on any atom is -0.343 e. The Labute approximate surface area is 137 Å². The number of nitrogens with zero attached hydrogens (tertiary/aromatic N) is 1. The van der Waals surface area contributed by atoms with Crippen LogP contribution in [-0.4, -0.2) is 29.8 Å². The van der Waals surface area contributed by atoms with E-state index in [1.165, 1.54) is 0 Å². The minimum atomic E-state index is 0.00522. The molecular formula is C19H24N2O2. The molecule has 1 heterocycles. The Morgan fingerprint density at radius 2 is 1.83 bits per heavy atom. The van der Waals surface area contributed by atoms with Gasteiger partial charge in [-0.25, -0.2) is 0 Å². The number of piperidine rings is 1. The van der Waals surface area contributed by atoms with Gasteiger partial charge in [-0.05, 0) is 43.7 Å². The number of rotatable bonds is 4. The molecule has 2 aliphatic rings. The number of hydrogen-bond acceptors (Lipinski definition) is 2. The highest BCUT2D eigenvalue weighted by molar-refractivity contribution is 5.92. The van der Waals surface area contributed by atoms with Crippen molar-refractivity contribution < 1.29 is 9.59 Å². The molecule has 1 atom stereocenters. The lowest BCUT2D eigenvalue weighted by Crippen LogP contribution is -2.41. The van der Waals surface area contributed by atoms with Gasteiger partial charge in [-0.15, -0.1) is 0 Å². The van der Waals surface area contributed by atoms with Crippen LogP contribution in [0.4, 0.5) is 5.69 Å². The highest BCUT2D eigenvalue weighted by Crippen LogP contribution is 2.24. The molecule has 4 heteroatoms. The summed E-state index contributed by atoms with van der Waals surface area (Å²) in [4.78, 5) is 26.5. The van der Waals surface area contributed by atoms with Crippen molar-refractivity contribution in [1.82, 2.24) is 4.90 Å². The van der Waals surface area contributed by atoms with Crippen molar-refractivity contribution in [3.05, 3.63) is 42.5 Å². The number of benzene rings is 1. The van der Waals surface area contributed by atoms with Crippen molar-refractivity contribution in [2.75, 3.05) is 18.4 Å². The molecule has 0 spiro atoms. The van der Waals surface area contributed by atoms with Gasteiger partial charge < -0.3 is 10.2 Å². The molecule has 1 aliphatic heterocycles. The first-order valence-electron chi connectivity index (χ1n) is 8.53. The van der Waals surface area contributed by atoms with Crippen molar-refractivity contribution in [2.45, 2.75) is 32.1 Å². The lowest BCUT2D eigenvalue weighted by molar-refractivity contribution is -0.135. The fourth-order valence-electron chi connectivity index (χ4n) is 3.38. The van der Waals surface area contributed by atoms with Gasteiger partial charge in [0.05, 0.1) is 0 Å². The Bertz CT molecular complexity index is 574. The smallest absolute Gasteiger partial charge is 0.227 e. The van der Waals surface area contributed by atoms with Crippen LogP contribution < -0.4 is 5.32 Å². The van der Waals surface area contributed by atoms with E-state index in [0.717, 1.165) is 31.4 Å². The average molecular weight is 312 g/mol. The molecule has 4 nitrogen and oxygen atoms in total. The molecule has 122 valence electrons. The number of nitrogens with one attached hydrogen (secondary N) is 1. The van der Waals surface area contributed by atoms with E-state index in [9.17, 15) is 9.59 Å². The van der Waals surface area contributed by atoms with E-state index in [1.54, 1.807) is 0 Å². The Morgan fingerprint density at radius 3 is 2.48 bits per heavy atom. The number of amides is 2. The van der Waals surface area contributed by atoms with Crippen molar-refractivity contribution in [3.8, 4) is 0 Å². The van der Waals surface area contributed by atoms with E-state index in [0.29, 0.717) is 25.4 Å². The van der Waals surface area contributed by atoms with Crippen molar-refractivity contribution in [3.63, 3.8) is 0 Å². The number of likely N-dealkylation sites (tertiary alicyclic amines) is 1. The van der Waals surface area contributed by atoms with Gasteiger partial charge >= 0.3 is 0 Å². The Balaban J connectivity index is 1.45. The lowest BCUT2D eigenvalue weighted by Gasteiger charge is -2.32. The van der Waals surface area contributed by atoms with Gasteiger partial charge in [-0.3, -0.25) is 9.59 Å². The highest BCUT2D eigenvalue weighted by Gasteiger charge is 2.28. The van der Waals surface area contributed by atoms with Crippen molar-refractivity contribution >= 4 is 17.5 Å². The lowest BCUT2D eigenvalue weighted by atomic mass is 9.95. The van der Waals surface area contributed by atoms with Gasteiger partial charge in [-0.2, -0.15) is 0 Å². The van der Waals surface area contributed by atoms with Crippen LogP contribution in [0.25, 0.3) is 0 Å². The van der Waals surface area contributed by atoms with Gasteiger partial charge in [0.1, 0.15) is 0 Å². The molecule has 1 aromatic carbocycles. The van der Waals surface area contributed by atoms with Gasteiger partial charge in [0, 0.05) is 31.1 Å². The van der Waals surface area contributed by atoms with Crippen molar-refractivity contribution in [2.24, 2.45) is 11.8 Å². The molecular weight excluding hydrogens is 288 g/mol. The maximum Gasteiger partial charge on any atom is 0.227 e. The number of allylic oxidation sites excluding steroid dienone is 2. The molecule has 1 aliphatic carbocycles. The van der Waals surface area contributed by atoms with Crippen LogP contribution in [0.2, 0.25) is 0 Å². The van der Waals surface area contributed by atoms with Gasteiger partial charge in [0.25, 0.3) is 0 Å². The quantitative estimate of drug-likeness (QED) is 0.868. The molecule has 1 unspecified atom stereocenters. The molecule has 0 aromatic heterocycles. The maximum absolute atomic E-state index is 12.3. The Kier molecular flexibility index (Phi) is 5.11. The molecule has 2 amide bonds. The second-order valence-corrected chi connectivity index (χ2v) is 6.48. The molecule has 0 radical (unpaired) electrons. The van der Waals surface area contributed by atoms with E-state index < -0.39 is 0 Å². The van der Waals surface area contributed by atoms with Crippen LogP contribution in [0.5, 0.6) is 0 Å². The largest absolute Gasteiger partial charge is 0.343 e. The molecule has 0 bridgehead atoms. The highest BCUT2D eigenvalue weighted by atomic mass is 16.2. The SMILES string of the molecule is O=C(Nc1ccccc1)C1CCN(C(=O)CC2C=CCC2)CC1. The maximum atomic E-state index is 12.3. The van der Waals surface area contributed by atoms with E-state index in [-0.39, 0.29) is 17.7 Å². The molecule has 1 N–H and O–H groups in total. The molecule has 23 heavy (non-hydrogen) atoms. The summed E-state index contributed by atoms with van der Waals surface area (Å²) in [5.41, 5.74) is 0.837. The number of para-hydroxylation sites is 1. The van der Waals surface area contributed by atoms with E-state index in [1.807, 2.05) is 35.2 Å². The third-order valence-electron chi connectivity index (χ3n) is 4.81. The van der Waals surface area contributed by atoms with Crippen LogP contribution in [0.3, 0.4) is 0 Å².